The molecule has 0 bridgehead atoms. The SMILES string of the molecule is COc1cc(CNC(=O)c2cc(C)no2)ccc1OCC(=O)N(C)C. The normalized spacial score (nSPS) is 10.2. The Hall–Kier alpha value is -3.03. The van der Waals surface area contributed by atoms with Crippen LogP contribution in [0.2, 0.25) is 0 Å². The Morgan fingerprint density at radius 2 is 2.00 bits per heavy atom. The number of aromatic nitrogens is 1. The fraction of sp³-hybridized carbons (Fsp3) is 0.353. The Bertz CT molecular complexity index is 754. The number of hydrogen-bond donors (Lipinski definition) is 1. The summed E-state index contributed by atoms with van der Waals surface area (Å²) in [4.78, 5) is 25.0. The zero-order chi connectivity index (χ0) is 18.4. The van der Waals surface area contributed by atoms with Gasteiger partial charge in [-0.3, -0.25) is 9.59 Å². The summed E-state index contributed by atoms with van der Waals surface area (Å²) in [6, 6.07) is 6.78. The monoisotopic (exact) mass is 347 g/mol. The highest BCUT2D eigenvalue weighted by molar-refractivity contribution is 5.91. The summed E-state index contributed by atoms with van der Waals surface area (Å²) in [5.74, 6) is 0.594. The third-order valence-electron chi connectivity index (χ3n) is 3.38. The first-order valence-corrected chi connectivity index (χ1v) is 7.62. The van der Waals surface area contributed by atoms with Crippen LogP contribution in [0.15, 0.2) is 28.8 Å². The zero-order valence-corrected chi connectivity index (χ0v) is 14.7. The average Bonchev–Trinajstić information content (AvgIpc) is 3.04. The van der Waals surface area contributed by atoms with Gasteiger partial charge in [-0.05, 0) is 24.6 Å². The van der Waals surface area contributed by atoms with Crippen molar-refractivity contribution in [1.29, 1.82) is 0 Å². The third kappa shape index (κ3) is 4.97. The van der Waals surface area contributed by atoms with Gasteiger partial charge in [-0.25, -0.2) is 0 Å². The van der Waals surface area contributed by atoms with Crippen molar-refractivity contribution in [3.63, 3.8) is 0 Å². The van der Waals surface area contributed by atoms with E-state index in [9.17, 15) is 9.59 Å². The molecular formula is C17H21N3O5. The molecule has 0 spiro atoms. The van der Waals surface area contributed by atoms with E-state index in [-0.39, 0.29) is 30.7 Å². The van der Waals surface area contributed by atoms with Gasteiger partial charge in [0.25, 0.3) is 11.8 Å². The number of benzene rings is 1. The van der Waals surface area contributed by atoms with Crippen molar-refractivity contribution in [1.82, 2.24) is 15.4 Å². The van der Waals surface area contributed by atoms with Gasteiger partial charge in [0.2, 0.25) is 5.76 Å². The minimum absolute atomic E-state index is 0.0791. The lowest BCUT2D eigenvalue weighted by molar-refractivity contribution is -0.130. The highest BCUT2D eigenvalue weighted by atomic mass is 16.5. The van der Waals surface area contributed by atoms with Gasteiger partial charge < -0.3 is 24.2 Å². The fourth-order valence-electron chi connectivity index (χ4n) is 1.95. The largest absolute Gasteiger partial charge is 0.493 e. The lowest BCUT2D eigenvalue weighted by atomic mass is 10.2. The smallest absolute Gasteiger partial charge is 0.290 e. The molecule has 2 aromatic rings. The average molecular weight is 347 g/mol. The fourth-order valence-corrected chi connectivity index (χ4v) is 1.95. The first-order valence-electron chi connectivity index (χ1n) is 7.62. The van der Waals surface area contributed by atoms with Crippen LogP contribution in [-0.4, -0.2) is 49.7 Å². The number of carbonyl (C=O) groups is 2. The second-order valence-electron chi connectivity index (χ2n) is 5.58. The first-order chi connectivity index (χ1) is 11.9. The molecule has 1 heterocycles. The molecule has 2 amide bonds. The quantitative estimate of drug-likeness (QED) is 0.813. The molecule has 8 heteroatoms. The summed E-state index contributed by atoms with van der Waals surface area (Å²) in [7, 11) is 4.82. The topological polar surface area (TPSA) is 93.9 Å². The van der Waals surface area contributed by atoms with Gasteiger partial charge in [0.15, 0.2) is 18.1 Å². The number of carbonyl (C=O) groups excluding carboxylic acids is 2. The molecule has 1 N–H and O–H groups in total. The maximum absolute atomic E-state index is 12.0. The van der Waals surface area contributed by atoms with Crippen LogP contribution in [-0.2, 0) is 11.3 Å². The zero-order valence-electron chi connectivity index (χ0n) is 14.7. The number of nitrogens with one attached hydrogen (secondary N) is 1. The van der Waals surface area contributed by atoms with E-state index in [4.69, 9.17) is 14.0 Å². The second-order valence-corrected chi connectivity index (χ2v) is 5.58. The van der Waals surface area contributed by atoms with E-state index in [1.807, 2.05) is 0 Å². The second kappa shape index (κ2) is 8.18. The van der Waals surface area contributed by atoms with Crippen molar-refractivity contribution < 1.29 is 23.6 Å². The molecule has 0 aliphatic carbocycles. The van der Waals surface area contributed by atoms with Crippen LogP contribution in [0.1, 0.15) is 21.8 Å². The predicted molar refractivity (Wildman–Crippen MR) is 89.6 cm³/mol. The highest BCUT2D eigenvalue weighted by Gasteiger charge is 2.13. The number of nitrogens with zero attached hydrogens (tertiary/aromatic N) is 2. The standard InChI is InChI=1S/C17H21N3O5/c1-11-7-15(25-19-11)17(22)18-9-12-5-6-13(14(8-12)23-4)24-10-16(21)20(2)3/h5-8H,9-10H2,1-4H3,(H,18,22). The molecule has 0 aliphatic rings. The Morgan fingerprint density at radius 3 is 2.60 bits per heavy atom. The summed E-state index contributed by atoms with van der Waals surface area (Å²) in [6.45, 7) is 1.95. The van der Waals surface area contributed by atoms with E-state index >= 15 is 0 Å². The molecule has 0 saturated carbocycles. The summed E-state index contributed by atoms with van der Waals surface area (Å²) in [5.41, 5.74) is 1.45. The number of amides is 2. The Balaban J connectivity index is 1.98. The molecule has 0 atom stereocenters. The minimum atomic E-state index is -0.350. The van der Waals surface area contributed by atoms with Gasteiger partial charge in [0.1, 0.15) is 0 Å². The van der Waals surface area contributed by atoms with E-state index in [0.717, 1.165) is 5.56 Å². The summed E-state index contributed by atoms with van der Waals surface area (Å²) in [5, 5.41) is 6.41. The van der Waals surface area contributed by atoms with Crippen LogP contribution in [0.25, 0.3) is 0 Å². The lowest BCUT2D eigenvalue weighted by Crippen LogP contribution is -2.27. The molecule has 0 unspecified atom stereocenters. The predicted octanol–water partition coefficient (Wildman–Crippen LogP) is 1.39. The van der Waals surface area contributed by atoms with Crippen molar-refractivity contribution in [2.75, 3.05) is 27.8 Å². The van der Waals surface area contributed by atoms with Gasteiger partial charge >= 0.3 is 0 Å². The van der Waals surface area contributed by atoms with Gasteiger partial charge in [0, 0.05) is 26.7 Å². The Morgan fingerprint density at radius 1 is 1.24 bits per heavy atom. The van der Waals surface area contributed by atoms with Crippen molar-refractivity contribution in [2.24, 2.45) is 0 Å². The van der Waals surface area contributed by atoms with Crippen molar-refractivity contribution >= 4 is 11.8 Å². The number of hydrogen-bond acceptors (Lipinski definition) is 6. The summed E-state index contributed by atoms with van der Waals surface area (Å²) in [6.07, 6.45) is 0. The minimum Gasteiger partial charge on any atom is -0.493 e. The summed E-state index contributed by atoms with van der Waals surface area (Å²) < 4.78 is 15.7. The van der Waals surface area contributed by atoms with Crippen LogP contribution in [0, 0.1) is 6.92 Å². The van der Waals surface area contributed by atoms with Crippen LogP contribution in [0.5, 0.6) is 11.5 Å². The van der Waals surface area contributed by atoms with E-state index < -0.39 is 0 Å². The summed E-state index contributed by atoms with van der Waals surface area (Å²) >= 11 is 0. The van der Waals surface area contributed by atoms with E-state index in [0.29, 0.717) is 17.2 Å². The maximum atomic E-state index is 12.0. The number of rotatable bonds is 7. The number of aryl methyl sites for hydroxylation is 1. The molecule has 1 aromatic heterocycles. The van der Waals surface area contributed by atoms with E-state index in [1.165, 1.54) is 12.0 Å². The number of likely N-dealkylation sites (N-methyl/N-ethyl adjacent to an activating group) is 1. The van der Waals surface area contributed by atoms with Crippen molar-refractivity contribution in [2.45, 2.75) is 13.5 Å². The number of ether oxygens (including phenoxy) is 2. The van der Waals surface area contributed by atoms with Gasteiger partial charge in [-0.2, -0.15) is 0 Å². The van der Waals surface area contributed by atoms with Gasteiger partial charge in [-0.15, -0.1) is 0 Å². The molecule has 2 rings (SSSR count). The van der Waals surface area contributed by atoms with E-state index in [1.54, 1.807) is 45.3 Å². The van der Waals surface area contributed by atoms with Crippen molar-refractivity contribution in [3.05, 3.63) is 41.3 Å². The van der Waals surface area contributed by atoms with Gasteiger partial charge in [-0.1, -0.05) is 11.2 Å². The first kappa shape index (κ1) is 18.3. The maximum Gasteiger partial charge on any atom is 0.290 e. The molecule has 25 heavy (non-hydrogen) atoms. The van der Waals surface area contributed by atoms with Crippen LogP contribution < -0.4 is 14.8 Å². The highest BCUT2D eigenvalue weighted by Crippen LogP contribution is 2.28. The lowest BCUT2D eigenvalue weighted by Gasteiger charge is -2.14. The van der Waals surface area contributed by atoms with Crippen molar-refractivity contribution in [3.8, 4) is 11.5 Å². The third-order valence-corrected chi connectivity index (χ3v) is 3.38. The molecule has 0 fully saturated rings. The van der Waals surface area contributed by atoms with Gasteiger partial charge in [0.05, 0.1) is 12.8 Å². The molecule has 1 aromatic carbocycles. The van der Waals surface area contributed by atoms with Crippen LogP contribution >= 0.6 is 0 Å². The van der Waals surface area contributed by atoms with Crippen LogP contribution in [0.4, 0.5) is 0 Å². The Labute approximate surface area is 145 Å². The Kier molecular flexibility index (Phi) is 5.99. The molecule has 0 aliphatic heterocycles. The number of methoxy groups -OCH3 is 1. The molecule has 134 valence electrons. The van der Waals surface area contributed by atoms with Crippen LogP contribution in [0.3, 0.4) is 0 Å². The van der Waals surface area contributed by atoms with E-state index in [2.05, 4.69) is 10.5 Å². The molecule has 8 nitrogen and oxygen atoms in total. The molecular weight excluding hydrogens is 326 g/mol. The molecule has 0 saturated heterocycles. The molecule has 0 radical (unpaired) electrons.